The average molecular weight is 233 g/mol. The summed E-state index contributed by atoms with van der Waals surface area (Å²) in [5.41, 5.74) is 0.978. The first-order valence-electron chi connectivity index (χ1n) is 5.46. The highest BCUT2D eigenvalue weighted by Crippen LogP contribution is 2.37. The van der Waals surface area contributed by atoms with Gasteiger partial charge in [-0.3, -0.25) is 0 Å². The predicted octanol–water partition coefficient (Wildman–Crippen LogP) is 2.88. The van der Waals surface area contributed by atoms with Crippen LogP contribution in [0.1, 0.15) is 0 Å². The number of ether oxygens (including phenoxy) is 2. The van der Waals surface area contributed by atoms with Crippen molar-refractivity contribution in [1.29, 1.82) is 0 Å². The van der Waals surface area contributed by atoms with E-state index in [9.17, 15) is 0 Å². The molecule has 1 rings (SSSR count). The van der Waals surface area contributed by atoms with Gasteiger partial charge in [-0.05, 0) is 12.1 Å². The molecule has 1 aromatic carbocycles. The molecule has 0 amide bonds. The maximum atomic E-state index is 5.41. The van der Waals surface area contributed by atoms with Crippen molar-refractivity contribution in [1.82, 2.24) is 0 Å². The van der Waals surface area contributed by atoms with Gasteiger partial charge < -0.3 is 14.4 Å². The minimum absolute atomic E-state index is 0.725. The third-order valence-corrected chi connectivity index (χ3v) is 2.42. The second-order valence-electron chi connectivity index (χ2n) is 3.49. The number of anilines is 1. The molecule has 0 aliphatic carbocycles. The Kier molecular flexibility index (Phi) is 5.14. The first kappa shape index (κ1) is 13.2. The summed E-state index contributed by atoms with van der Waals surface area (Å²) >= 11 is 0. The molecule has 17 heavy (non-hydrogen) atoms. The molecule has 3 nitrogen and oxygen atoms in total. The molecule has 0 unspecified atom stereocenters. The molecule has 0 N–H and O–H groups in total. The summed E-state index contributed by atoms with van der Waals surface area (Å²) in [6.07, 6.45) is 3.70. The van der Waals surface area contributed by atoms with E-state index in [2.05, 4.69) is 18.1 Å². The zero-order chi connectivity index (χ0) is 12.7. The van der Waals surface area contributed by atoms with Crippen molar-refractivity contribution in [3.8, 4) is 11.5 Å². The van der Waals surface area contributed by atoms with Gasteiger partial charge in [0.25, 0.3) is 0 Å². The van der Waals surface area contributed by atoms with E-state index in [1.54, 1.807) is 14.2 Å². The number of hydrogen-bond donors (Lipinski definition) is 0. The fourth-order valence-corrected chi connectivity index (χ4v) is 1.70. The molecular formula is C14H19NO2. The molecule has 0 saturated heterocycles. The topological polar surface area (TPSA) is 21.7 Å². The van der Waals surface area contributed by atoms with Crippen molar-refractivity contribution in [2.45, 2.75) is 0 Å². The summed E-state index contributed by atoms with van der Waals surface area (Å²) in [7, 11) is 3.27. The van der Waals surface area contributed by atoms with Gasteiger partial charge >= 0.3 is 0 Å². The molecule has 0 fully saturated rings. The normalized spacial score (nSPS) is 9.53. The summed E-state index contributed by atoms with van der Waals surface area (Å²) < 4.78 is 10.7. The van der Waals surface area contributed by atoms with Crippen molar-refractivity contribution >= 4 is 5.69 Å². The van der Waals surface area contributed by atoms with Crippen LogP contribution in [0.5, 0.6) is 11.5 Å². The Morgan fingerprint density at radius 2 is 1.76 bits per heavy atom. The fourth-order valence-electron chi connectivity index (χ4n) is 1.70. The minimum Gasteiger partial charge on any atom is -0.493 e. The van der Waals surface area contributed by atoms with Crippen LogP contribution in [-0.2, 0) is 0 Å². The molecule has 0 aromatic heterocycles. The Labute approximate surface area is 103 Å². The molecule has 0 spiro atoms. The summed E-state index contributed by atoms with van der Waals surface area (Å²) in [6.45, 7) is 8.98. The van der Waals surface area contributed by atoms with Gasteiger partial charge in [-0.25, -0.2) is 0 Å². The monoisotopic (exact) mass is 233 g/mol. The molecule has 0 radical (unpaired) electrons. The minimum atomic E-state index is 0.725. The van der Waals surface area contributed by atoms with Crippen LogP contribution in [-0.4, -0.2) is 27.3 Å². The van der Waals surface area contributed by atoms with Gasteiger partial charge in [0, 0.05) is 13.1 Å². The highest BCUT2D eigenvalue weighted by molar-refractivity contribution is 5.65. The second kappa shape index (κ2) is 6.63. The Bertz CT molecular complexity index is 378. The van der Waals surface area contributed by atoms with Crippen molar-refractivity contribution in [3.63, 3.8) is 0 Å². The summed E-state index contributed by atoms with van der Waals surface area (Å²) in [5.74, 6) is 1.46. The van der Waals surface area contributed by atoms with Crippen LogP contribution in [0.2, 0.25) is 0 Å². The van der Waals surface area contributed by atoms with Gasteiger partial charge in [0.1, 0.15) is 0 Å². The van der Waals surface area contributed by atoms with Crippen LogP contribution in [0.3, 0.4) is 0 Å². The zero-order valence-corrected chi connectivity index (χ0v) is 10.5. The molecule has 92 valence electrons. The lowest BCUT2D eigenvalue weighted by Crippen LogP contribution is -2.23. The lowest BCUT2D eigenvalue weighted by Gasteiger charge is -2.24. The van der Waals surface area contributed by atoms with Gasteiger partial charge in [0.05, 0.1) is 19.9 Å². The molecule has 0 saturated carbocycles. The second-order valence-corrected chi connectivity index (χ2v) is 3.49. The third-order valence-electron chi connectivity index (χ3n) is 2.42. The quantitative estimate of drug-likeness (QED) is 0.676. The van der Waals surface area contributed by atoms with Crippen molar-refractivity contribution in [2.24, 2.45) is 0 Å². The number of rotatable bonds is 7. The van der Waals surface area contributed by atoms with E-state index >= 15 is 0 Å². The van der Waals surface area contributed by atoms with Crippen molar-refractivity contribution in [2.75, 3.05) is 32.2 Å². The van der Waals surface area contributed by atoms with E-state index < -0.39 is 0 Å². The molecule has 0 bridgehead atoms. The van der Waals surface area contributed by atoms with Crippen LogP contribution >= 0.6 is 0 Å². The van der Waals surface area contributed by atoms with Crippen LogP contribution < -0.4 is 14.4 Å². The Hall–Kier alpha value is -1.90. The molecule has 3 heteroatoms. The SMILES string of the molecule is C=CCN(CC=C)c1cccc(OC)c1OC. The molecule has 0 heterocycles. The highest BCUT2D eigenvalue weighted by atomic mass is 16.5. The van der Waals surface area contributed by atoms with E-state index in [1.165, 1.54) is 0 Å². The van der Waals surface area contributed by atoms with Gasteiger partial charge in [-0.2, -0.15) is 0 Å². The summed E-state index contributed by atoms with van der Waals surface area (Å²) in [6, 6.07) is 5.81. The number of nitrogens with zero attached hydrogens (tertiary/aromatic N) is 1. The number of hydrogen-bond acceptors (Lipinski definition) is 3. The van der Waals surface area contributed by atoms with Crippen molar-refractivity contribution < 1.29 is 9.47 Å². The van der Waals surface area contributed by atoms with Gasteiger partial charge in [-0.1, -0.05) is 18.2 Å². The van der Waals surface area contributed by atoms with Gasteiger partial charge in [0.15, 0.2) is 11.5 Å². The van der Waals surface area contributed by atoms with Gasteiger partial charge in [0.2, 0.25) is 0 Å². The maximum Gasteiger partial charge on any atom is 0.184 e. The molecule has 1 aromatic rings. The largest absolute Gasteiger partial charge is 0.493 e. The van der Waals surface area contributed by atoms with Crippen molar-refractivity contribution in [3.05, 3.63) is 43.5 Å². The van der Waals surface area contributed by atoms with E-state index in [0.29, 0.717) is 0 Å². The first-order chi connectivity index (χ1) is 8.28. The smallest absolute Gasteiger partial charge is 0.184 e. The fraction of sp³-hybridized carbons (Fsp3) is 0.286. The van der Waals surface area contributed by atoms with Crippen LogP contribution in [0, 0.1) is 0 Å². The number of benzene rings is 1. The van der Waals surface area contributed by atoms with E-state index in [-0.39, 0.29) is 0 Å². The lowest BCUT2D eigenvalue weighted by atomic mass is 10.2. The van der Waals surface area contributed by atoms with E-state index in [0.717, 1.165) is 30.3 Å². The standard InChI is InChI=1S/C14H19NO2/c1-5-10-15(11-6-2)12-8-7-9-13(16-3)14(12)17-4/h5-9H,1-2,10-11H2,3-4H3. The van der Waals surface area contributed by atoms with Crippen LogP contribution in [0.15, 0.2) is 43.5 Å². The Balaban J connectivity index is 3.16. The predicted molar refractivity (Wildman–Crippen MR) is 72.2 cm³/mol. The average Bonchev–Trinajstić information content (AvgIpc) is 2.37. The molecular weight excluding hydrogens is 214 g/mol. The summed E-state index contributed by atoms with van der Waals surface area (Å²) in [5, 5.41) is 0. The van der Waals surface area contributed by atoms with Crippen LogP contribution in [0.25, 0.3) is 0 Å². The maximum absolute atomic E-state index is 5.41. The van der Waals surface area contributed by atoms with Crippen LogP contribution in [0.4, 0.5) is 5.69 Å². The molecule has 0 atom stereocenters. The zero-order valence-electron chi connectivity index (χ0n) is 10.5. The molecule has 0 aliphatic rings. The first-order valence-corrected chi connectivity index (χ1v) is 5.46. The van der Waals surface area contributed by atoms with E-state index in [1.807, 2.05) is 30.4 Å². The van der Waals surface area contributed by atoms with Gasteiger partial charge in [-0.15, -0.1) is 13.2 Å². The Morgan fingerprint density at radius 3 is 2.24 bits per heavy atom. The van der Waals surface area contributed by atoms with E-state index in [4.69, 9.17) is 9.47 Å². The molecule has 0 aliphatic heterocycles. The summed E-state index contributed by atoms with van der Waals surface area (Å²) in [4.78, 5) is 2.11. The number of para-hydroxylation sites is 1. The number of methoxy groups -OCH3 is 2. The Morgan fingerprint density at radius 1 is 1.12 bits per heavy atom. The lowest BCUT2D eigenvalue weighted by molar-refractivity contribution is 0.355. The highest BCUT2D eigenvalue weighted by Gasteiger charge is 2.13. The third kappa shape index (κ3) is 3.03.